The molecule has 0 fully saturated rings. The first-order valence-electron chi connectivity index (χ1n) is 5.91. The Morgan fingerprint density at radius 3 is 1.65 bits per heavy atom. The van der Waals surface area contributed by atoms with Crippen LogP contribution in [0, 0.1) is 5.92 Å². The van der Waals surface area contributed by atoms with Gasteiger partial charge in [-0.1, -0.05) is 6.08 Å². The highest BCUT2D eigenvalue weighted by Gasteiger charge is 2.24. The first-order chi connectivity index (χ1) is 7.68. The Hall–Kier alpha value is -0.870. The van der Waals surface area contributed by atoms with E-state index in [4.69, 9.17) is 0 Å². The number of carbonyl (C=O) groups is 1. The van der Waals surface area contributed by atoms with Crippen LogP contribution in [0.3, 0.4) is 0 Å². The fourth-order valence-electron chi connectivity index (χ4n) is 1.73. The van der Waals surface area contributed by atoms with E-state index in [1.807, 2.05) is 34.3 Å². The molecule has 0 aromatic rings. The van der Waals surface area contributed by atoms with Gasteiger partial charge in [-0.15, -0.1) is 0 Å². The molecule has 0 aliphatic heterocycles. The summed E-state index contributed by atoms with van der Waals surface area (Å²) >= 11 is 0. The van der Waals surface area contributed by atoms with Crippen molar-refractivity contribution in [3.05, 3.63) is 11.6 Å². The zero-order chi connectivity index (χ0) is 13.7. The third kappa shape index (κ3) is 4.88. The van der Waals surface area contributed by atoms with E-state index in [-0.39, 0.29) is 18.0 Å². The number of carbonyl (C=O) groups excluding carboxylic acids is 1. The van der Waals surface area contributed by atoms with E-state index in [9.17, 15) is 9.90 Å². The maximum Gasteiger partial charge on any atom is 0.0669 e. The Morgan fingerprint density at radius 1 is 1.06 bits per heavy atom. The van der Waals surface area contributed by atoms with Crippen LogP contribution in [0.4, 0.5) is 0 Å². The van der Waals surface area contributed by atoms with E-state index >= 15 is 0 Å². The summed E-state index contributed by atoms with van der Waals surface area (Å²) in [5, 5.41) is 10.8. The van der Waals surface area contributed by atoms with Gasteiger partial charge in [0.15, 0.2) is 0 Å². The summed E-state index contributed by atoms with van der Waals surface area (Å²) in [7, 11) is 8.01. The van der Waals surface area contributed by atoms with Crippen LogP contribution in [0.1, 0.15) is 20.8 Å². The first-order valence-corrected chi connectivity index (χ1v) is 5.91. The summed E-state index contributed by atoms with van der Waals surface area (Å²) < 4.78 is 0. The molecule has 4 heteroatoms. The number of hydrogen-bond donors (Lipinski definition) is 0. The number of carboxylic acids is 1. The lowest BCUT2D eigenvalue weighted by Gasteiger charge is -2.35. The summed E-state index contributed by atoms with van der Waals surface area (Å²) in [6.07, 6.45) is 1.81. The molecule has 0 bridgehead atoms. The molecule has 2 unspecified atom stereocenters. The van der Waals surface area contributed by atoms with Gasteiger partial charge in [0.05, 0.1) is 5.97 Å². The van der Waals surface area contributed by atoms with Crippen molar-refractivity contribution in [1.82, 2.24) is 9.80 Å². The Kier molecular flexibility index (Phi) is 6.42. The van der Waals surface area contributed by atoms with Gasteiger partial charge in [0.25, 0.3) is 0 Å². The Balaban J connectivity index is 5.12. The van der Waals surface area contributed by atoms with Gasteiger partial charge in [-0.25, -0.2) is 0 Å². The maximum absolute atomic E-state index is 10.8. The zero-order valence-electron chi connectivity index (χ0n) is 12.0. The molecule has 0 heterocycles. The fourth-order valence-corrected chi connectivity index (χ4v) is 1.73. The van der Waals surface area contributed by atoms with Crippen LogP contribution in [-0.4, -0.2) is 56.0 Å². The van der Waals surface area contributed by atoms with Gasteiger partial charge in [-0.3, -0.25) is 0 Å². The minimum atomic E-state index is -1.09. The molecule has 0 saturated carbocycles. The molecule has 0 radical (unpaired) electrons. The summed E-state index contributed by atoms with van der Waals surface area (Å²) in [4.78, 5) is 15.0. The molecule has 0 N–H and O–H groups in total. The number of rotatable bonds is 6. The lowest BCUT2D eigenvalue weighted by molar-refractivity contribution is -0.299. The summed E-state index contributed by atoms with van der Waals surface area (Å²) in [5.74, 6) is -0.940. The Morgan fingerprint density at radius 2 is 1.41 bits per heavy atom. The van der Waals surface area contributed by atoms with Crippen molar-refractivity contribution in [2.75, 3.05) is 28.2 Å². The van der Waals surface area contributed by atoms with Crippen LogP contribution >= 0.6 is 0 Å². The third-order valence-electron chi connectivity index (χ3n) is 3.51. The third-order valence-corrected chi connectivity index (χ3v) is 3.51. The van der Waals surface area contributed by atoms with Crippen LogP contribution in [-0.2, 0) is 4.79 Å². The normalized spacial score (nSPS) is 18.3. The number of aliphatic carboxylic acids is 1. The van der Waals surface area contributed by atoms with Crippen LogP contribution in [0.2, 0.25) is 0 Å². The fraction of sp³-hybridized carbons (Fsp3) is 0.769. The predicted molar refractivity (Wildman–Crippen MR) is 68.6 cm³/mol. The molecule has 2 atom stereocenters. The van der Waals surface area contributed by atoms with Crippen molar-refractivity contribution >= 4 is 5.97 Å². The molecule has 0 aromatic heterocycles. The van der Waals surface area contributed by atoms with Gasteiger partial charge >= 0.3 is 0 Å². The molecule has 0 spiro atoms. The SMILES string of the molecule is C/C(=C\C(C(C)N(C)C)C(C)N(C)C)C(=O)[O-]. The second kappa shape index (κ2) is 6.77. The smallest absolute Gasteiger partial charge is 0.0669 e. The highest BCUT2D eigenvalue weighted by molar-refractivity contribution is 5.83. The van der Waals surface area contributed by atoms with Gasteiger partial charge in [-0.05, 0) is 54.5 Å². The Labute approximate surface area is 105 Å². The predicted octanol–water partition coefficient (Wildman–Crippen LogP) is 0.199. The lowest BCUT2D eigenvalue weighted by atomic mass is 9.90. The average Bonchev–Trinajstić information content (AvgIpc) is 2.22. The van der Waals surface area contributed by atoms with Crippen molar-refractivity contribution in [3.8, 4) is 0 Å². The highest BCUT2D eigenvalue weighted by atomic mass is 16.4. The zero-order valence-corrected chi connectivity index (χ0v) is 12.0. The molecular formula is C13H25N2O2-. The van der Waals surface area contributed by atoms with E-state index in [1.165, 1.54) is 0 Å². The summed E-state index contributed by atoms with van der Waals surface area (Å²) in [6.45, 7) is 5.79. The van der Waals surface area contributed by atoms with E-state index in [0.717, 1.165) is 0 Å². The number of hydrogen-bond acceptors (Lipinski definition) is 4. The molecule has 100 valence electrons. The van der Waals surface area contributed by atoms with E-state index in [1.54, 1.807) is 6.92 Å². The van der Waals surface area contributed by atoms with Crippen molar-refractivity contribution in [2.24, 2.45) is 5.92 Å². The van der Waals surface area contributed by atoms with Gasteiger partial charge in [0, 0.05) is 18.0 Å². The molecular weight excluding hydrogens is 216 g/mol. The molecule has 4 nitrogen and oxygen atoms in total. The highest BCUT2D eigenvalue weighted by Crippen LogP contribution is 2.19. The van der Waals surface area contributed by atoms with Crippen LogP contribution in [0.5, 0.6) is 0 Å². The minimum absolute atomic E-state index is 0.151. The van der Waals surface area contributed by atoms with Gasteiger partial charge in [-0.2, -0.15) is 0 Å². The number of nitrogens with zero attached hydrogens (tertiary/aromatic N) is 2. The van der Waals surface area contributed by atoms with Gasteiger partial charge in [0.1, 0.15) is 0 Å². The Bertz CT molecular complexity index is 271. The molecule has 0 saturated heterocycles. The van der Waals surface area contributed by atoms with Gasteiger partial charge < -0.3 is 19.7 Å². The molecule has 17 heavy (non-hydrogen) atoms. The lowest BCUT2D eigenvalue weighted by Crippen LogP contribution is -2.43. The van der Waals surface area contributed by atoms with Gasteiger partial charge in [0.2, 0.25) is 0 Å². The molecule has 0 aliphatic carbocycles. The standard InChI is InChI=1S/C13H26N2O2/c1-9(13(16)17)8-12(10(2)14(4)5)11(3)15(6)7/h8,10-12H,1-7H3,(H,16,17)/p-1/b9-8+. The van der Waals surface area contributed by atoms with Crippen LogP contribution in [0.25, 0.3) is 0 Å². The molecule has 0 rings (SSSR count). The van der Waals surface area contributed by atoms with Crippen LogP contribution in [0.15, 0.2) is 11.6 Å². The maximum atomic E-state index is 10.8. The summed E-state index contributed by atoms with van der Waals surface area (Å²) in [5.41, 5.74) is 0.303. The summed E-state index contributed by atoms with van der Waals surface area (Å²) in [6, 6.07) is 0.531. The largest absolute Gasteiger partial charge is 0.545 e. The van der Waals surface area contributed by atoms with Crippen molar-refractivity contribution in [2.45, 2.75) is 32.9 Å². The van der Waals surface area contributed by atoms with Crippen molar-refractivity contribution < 1.29 is 9.90 Å². The first kappa shape index (κ1) is 16.1. The monoisotopic (exact) mass is 241 g/mol. The topological polar surface area (TPSA) is 46.6 Å². The van der Waals surface area contributed by atoms with Crippen LogP contribution < -0.4 is 5.11 Å². The minimum Gasteiger partial charge on any atom is -0.545 e. The van der Waals surface area contributed by atoms with Crippen molar-refractivity contribution in [1.29, 1.82) is 0 Å². The second-order valence-electron chi connectivity index (χ2n) is 5.12. The number of carboxylic acid groups (broad SMARTS) is 1. The molecule has 0 amide bonds. The second-order valence-corrected chi connectivity index (χ2v) is 5.12. The quantitative estimate of drug-likeness (QED) is 0.623. The molecule has 0 aromatic carbocycles. The average molecular weight is 241 g/mol. The van der Waals surface area contributed by atoms with E-state index in [2.05, 4.69) is 23.6 Å². The van der Waals surface area contributed by atoms with E-state index in [0.29, 0.717) is 5.57 Å². The van der Waals surface area contributed by atoms with E-state index < -0.39 is 5.97 Å². The van der Waals surface area contributed by atoms with Crippen molar-refractivity contribution in [3.63, 3.8) is 0 Å². The molecule has 0 aliphatic rings.